The number of hydrogen-bond acceptors (Lipinski definition) is 9. The maximum atomic E-state index is 14.2. The van der Waals surface area contributed by atoms with Crippen LogP contribution in [0, 0.1) is 11.3 Å². The van der Waals surface area contributed by atoms with Crippen molar-refractivity contribution in [1.82, 2.24) is 14.9 Å². The molecule has 178 valence electrons. The van der Waals surface area contributed by atoms with Gasteiger partial charge < -0.3 is 15.4 Å². The van der Waals surface area contributed by atoms with E-state index >= 15 is 0 Å². The lowest BCUT2D eigenvalue weighted by Crippen LogP contribution is -2.59. The van der Waals surface area contributed by atoms with Crippen molar-refractivity contribution in [3.63, 3.8) is 0 Å². The molecule has 0 saturated carbocycles. The van der Waals surface area contributed by atoms with Crippen LogP contribution >= 0.6 is 23.1 Å². The van der Waals surface area contributed by atoms with Gasteiger partial charge in [-0.05, 0) is 37.8 Å². The molecule has 3 saturated heterocycles. The minimum Gasteiger partial charge on any atom is -0.461 e. The minimum atomic E-state index is -0.769. The van der Waals surface area contributed by atoms with E-state index in [4.69, 9.17) is 20.4 Å². The van der Waals surface area contributed by atoms with Crippen LogP contribution in [-0.4, -0.2) is 59.4 Å². The van der Waals surface area contributed by atoms with Crippen LogP contribution in [-0.2, 0) is 23.3 Å². The molecule has 1 aliphatic carbocycles. The molecule has 2 N–H and O–H groups in total. The highest BCUT2D eigenvalue weighted by atomic mass is 32.2. The lowest BCUT2D eigenvalue weighted by Gasteiger charge is -2.49. The Hall–Kier alpha value is -2.09. The smallest absolute Gasteiger partial charge is 0.318 e. The van der Waals surface area contributed by atoms with E-state index in [0.717, 1.165) is 68.3 Å². The first-order valence-electron chi connectivity index (χ1n) is 12.1. The molecule has 0 aromatic carbocycles. The van der Waals surface area contributed by atoms with Crippen molar-refractivity contribution < 1.29 is 9.13 Å². The molecule has 34 heavy (non-hydrogen) atoms. The topological polar surface area (TPSA) is 91.3 Å². The number of rotatable bonds is 4. The van der Waals surface area contributed by atoms with Crippen LogP contribution in [0.1, 0.15) is 52.9 Å². The van der Waals surface area contributed by atoms with Crippen LogP contribution in [0.15, 0.2) is 0 Å². The normalized spacial score (nSPS) is 28.6. The Morgan fingerprint density at radius 3 is 3.00 bits per heavy atom. The molecule has 0 unspecified atom stereocenters. The molecule has 2 atom stereocenters. The SMILES string of the molecule is N#Cc1c(N)sc2c1C1(CC2)CN(c2nc(OC[C@@]34CCCN3C[C@H](F)C4)nc3c2CSC3)C1. The van der Waals surface area contributed by atoms with Crippen LogP contribution in [0.25, 0.3) is 0 Å². The number of hydrogen-bond donors (Lipinski definition) is 1. The van der Waals surface area contributed by atoms with Crippen molar-refractivity contribution in [3.8, 4) is 12.1 Å². The Morgan fingerprint density at radius 1 is 1.26 bits per heavy atom. The average Bonchev–Trinajstić information content (AvgIpc) is 3.56. The van der Waals surface area contributed by atoms with E-state index in [1.165, 1.54) is 16.0 Å². The third kappa shape index (κ3) is 2.96. The summed E-state index contributed by atoms with van der Waals surface area (Å²) in [5, 5.41) is 10.4. The predicted octanol–water partition coefficient (Wildman–Crippen LogP) is 3.40. The van der Waals surface area contributed by atoms with Gasteiger partial charge in [0.25, 0.3) is 0 Å². The van der Waals surface area contributed by atoms with Crippen molar-refractivity contribution >= 4 is 33.9 Å². The number of nitrogens with two attached hydrogens (primary N) is 1. The number of alkyl halides is 1. The summed E-state index contributed by atoms with van der Waals surface area (Å²) < 4.78 is 20.4. The number of thiophene rings is 1. The lowest BCUT2D eigenvalue weighted by molar-refractivity contribution is 0.107. The van der Waals surface area contributed by atoms with Crippen LogP contribution in [0.3, 0.4) is 0 Å². The molecular weight excluding hydrogens is 471 g/mol. The Labute approximate surface area is 206 Å². The maximum Gasteiger partial charge on any atom is 0.318 e. The molecule has 5 aliphatic rings. The number of thioether (sulfide) groups is 1. The molecular formula is C24H27FN6OS2. The molecule has 2 aromatic rings. The third-order valence-corrected chi connectivity index (χ3v) is 10.6. The number of nitriles is 1. The van der Waals surface area contributed by atoms with Crippen molar-refractivity contribution in [2.45, 2.75) is 60.7 Å². The largest absolute Gasteiger partial charge is 0.461 e. The summed E-state index contributed by atoms with van der Waals surface area (Å²) in [5.41, 5.74) is 10.1. The Kier molecular flexibility index (Phi) is 4.65. The number of fused-ring (bicyclic) bond motifs is 4. The summed E-state index contributed by atoms with van der Waals surface area (Å²) >= 11 is 3.44. The number of halogens is 1. The summed E-state index contributed by atoms with van der Waals surface area (Å²) in [6.07, 6.45) is 3.91. The number of nitrogen functional groups attached to an aromatic ring is 1. The highest BCUT2D eigenvalue weighted by Crippen LogP contribution is 2.53. The van der Waals surface area contributed by atoms with Gasteiger partial charge >= 0.3 is 6.01 Å². The second kappa shape index (κ2) is 7.45. The summed E-state index contributed by atoms with van der Waals surface area (Å²) in [5.74, 6) is 2.75. The number of nitrogens with zero attached hydrogens (tertiary/aromatic N) is 5. The molecule has 0 bridgehead atoms. The van der Waals surface area contributed by atoms with Gasteiger partial charge in [-0.2, -0.15) is 27.0 Å². The van der Waals surface area contributed by atoms with Gasteiger partial charge in [-0.3, -0.25) is 4.90 Å². The van der Waals surface area contributed by atoms with Crippen LogP contribution in [0.2, 0.25) is 0 Å². The van der Waals surface area contributed by atoms with E-state index < -0.39 is 6.17 Å². The van der Waals surface area contributed by atoms with Crippen molar-refractivity contribution in [2.75, 3.05) is 43.4 Å². The van der Waals surface area contributed by atoms with Crippen molar-refractivity contribution in [1.29, 1.82) is 5.26 Å². The van der Waals surface area contributed by atoms with Gasteiger partial charge in [0.05, 0.1) is 16.8 Å². The van der Waals surface area contributed by atoms with Gasteiger partial charge in [0.2, 0.25) is 0 Å². The molecule has 10 heteroatoms. The van der Waals surface area contributed by atoms with Gasteiger partial charge in [0, 0.05) is 53.4 Å². The quantitative estimate of drug-likeness (QED) is 0.686. The van der Waals surface area contributed by atoms with Gasteiger partial charge in [0.15, 0.2) is 0 Å². The summed E-state index contributed by atoms with van der Waals surface area (Å²) in [7, 11) is 0. The van der Waals surface area contributed by atoms with Crippen LogP contribution in [0.4, 0.5) is 15.2 Å². The predicted molar refractivity (Wildman–Crippen MR) is 131 cm³/mol. The molecule has 4 aliphatic heterocycles. The number of aryl methyl sites for hydroxylation is 1. The van der Waals surface area contributed by atoms with Crippen LogP contribution in [0.5, 0.6) is 6.01 Å². The fourth-order valence-corrected chi connectivity index (χ4v) is 9.13. The number of aromatic nitrogens is 2. The standard InChI is InChI=1S/C24H27FN6OS2/c25-14-6-24(3-1-5-31(24)8-14)13-32-22-28-17-10-33-9-16(17)21(29-22)30-11-23(12-30)4-2-18-19(23)15(7-26)20(27)34-18/h14H,1-6,8-13,27H2/t14-,24+/m1/s1. The second-order valence-corrected chi connectivity index (χ2v) is 12.6. The van der Waals surface area contributed by atoms with E-state index in [0.29, 0.717) is 36.1 Å². The zero-order chi connectivity index (χ0) is 23.1. The van der Waals surface area contributed by atoms with Gasteiger partial charge in [-0.25, -0.2) is 4.39 Å². The van der Waals surface area contributed by atoms with E-state index in [1.54, 1.807) is 11.3 Å². The Bertz CT molecular complexity index is 1220. The molecule has 2 aromatic heterocycles. The first kappa shape index (κ1) is 21.2. The Balaban J connectivity index is 1.15. The molecule has 3 fully saturated rings. The number of ether oxygens (including phenoxy) is 1. The first-order valence-corrected chi connectivity index (χ1v) is 14.0. The van der Waals surface area contributed by atoms with E-state index in [1.807, 2.05) is 11.8 Å². The van der Waals surface area contributed by atoms with E-state index in [2.05, 4.69) is 15.9 Å². The van der Waals surface area contributed by atoms with E-state index in [-0.39, 0.29) is 11.0 Å². The lowest BCUT2D eigenvalue weighted by atomic mass is 9.74. The molecule has 7 rings (SSSR count). The maximum absolute atomic E-state index is 14.2. The molecule has 0 radical (unpaired) electrons. The van der Waals surface area contributed by atoms with Crippen molar-refractivity contribution in [3.05, 3.63) is 27.3 Å². The fourth-order valence-electron chi connectivity index (χ4n) is 6.96. The molecule has 6 heterocycles. The Morgan fingerprint density at radius 2 is 2.15 bits per heavy atom. The summed E-state index contributed by atoms with van der Waals surface area (Å²) in [4.78, 5) is 15.5. The monoisotopic (exact) mass is 498 g/mol. The summed E-state index contributed by atoms with van der Waals surface area (Å²) in [6.45, 7) is 3.61. The second-order valence-electron chi connectivity index (χ2n) is 10.5. The first-order chi connectivity index (χ1) is 16.5. The minimum absolute atomic E-state index is 0.00240. The zero-order valence-corrected chi connectivity index (χ0v) is 20.6. The molecule has 7 nitrogen and oxygen atoms in total. The van der Waals surface area contributed by atoms with E-state index in [9.17, 15) is 9.65 Å². The highest BCUT2D eigenvalue weighted by Gasteiger charge is 2.52. The van der Waals surface area contributed by atoms with Crippen molar-refractivity contribution in [2.24, 2.45) is 0 Å². The third-order valence-electron chi connectivity index (χ3n) is 8.53. The fraction of sp³-hybridized carbons (Fsp3) is 0.625. The van der Waals surface area contributed by atoms with Gasteiger partial charge in [0.1, 0.15) is 29.7 Å². The van der Waals surface area contributed by atoms with Gasteiger partial charge in [-0.1, -0.05) is 0 Å². The number of anilines is 2. The molecule has 0 amide bonds. The summed E-state index contributed by atoms with van der Waals surface area (Å²) in [6, 6.07) is 2.78. The average molecular weight is 499 g/mol. The molecule has 1 spiro atoms. The zero-order valence-electron chi connectivity index (χ0n) is 19.0. The van der Waals surface area contributed by atoms with Crippen LogP contribution < -0.4 is 15.4 Å². The highest BCUT2D eigenvalue weighted by molar-refractivity contribution is 7.98. The van der Waals surface area contributed by atoms with Gasteiger partial charge in [-0.15, -0.1) is 11.3 Å².